The molecule has 1 aromatic carbocycles. The van der Waals surface area contributed by atoms with Crippen molar-refractivity contribution >= 4 is 21.7 Å². The summed E-state index contributed by atoms with van der Waals surface area (Å²) in [5.74, 6) is -0.609. The molecule has 0 bridgehead atoms. The zero-order valence-corrected chi connectivity index (χ0v) is 14.6. The van der Waals surface area contributed by atoms with Gasteiger partial charge in [0.1, 0.15) is 0 Å². The number of carbonyl (C=O) groups is 2. The fourth-order valence-corrected chi connectivity index (χ4v) is 4.38. The van der Waals surface area contributed by atoms with Crippen molar-refractivity contribution in [1.29, 1.82) is 0 Å². The summed E-state index contributed by atoms with van der Waals surface area (Å²) < 4.78 is 24.4. The lowest BCUT2D eigenvalue weighted by Gasteiger charge is -2.11. The number of hydrogen-bond acceptors (Lipinski definition) is 4. The number of amides is 2. The molecule has 0 radical (unpaired) electrons. The SMILES string of the molecule is C[C@@H](CS(=O)(=O)CC/C=C/CC1CC(=O)NC1=O)c1ccccc1. The van der Waals surface area contributed by atoms with Gasteiger partial charge >= 0.3 is 0 Å². The summed E-state index contributed by atoms with van der Waals surface area (Å²) in [5, 5.41) is 2.26. The summed E-state index contributed by atoms with van der Waals surface area (Å²) >= 11 is 0. The molecular weight excluding hydrogens is 326 g/mol. The van der Waals surface area contributed by atoms with Crippen LogP contribution in [0.4, 0.5) is 0 Å². The monoisotopic (exact) mass is 349 g/mol. The average Bonchev–Trinajstić information content (AvgIpc) is 2.85. The maximum atomic E-state index is 12.2. The number of imide groups is 1. The van der Waals surface area contributed by atoms with E-state index in [0.29, 0.717) is 12.8 Å². The third-order valence-corrected chi connectivity index (χ3v) is 5.99. The predicted octanol–water partition coefficient (Wildman–Crippen LogP) is 2.20. The Kier molecular flexibility index (Phi) is 6.31. The Balaban J connectivity index is 1.75. The van der Waals surface area contributed by atoms with Gasteiger partial charge < -0.3 is 0 Å². The maximum Gasteiger partial charge on any atom is 0.230 e. The quantitative estimate of drug-likeness (QED) is 0.576. The van der Waals surface area contributed by atoms with Crippen molar-refractivity contribution < 1.29 is 18.0 Å². The molecule has 2 atom stereocenters. The molecule has 130 valence electrons. The number of allylic oxidation sites excluding steroid dienone is 2. The van der Waals surface area contributed by atoms with E-state index in [1.165, 1.54) is 0 Å². The van der Waals surface area contributed by atoms with Crippen molar-refractivity contribution in [3.63, 3.8) is 0 Å². The summed E-state index contributed by atoms with van der Waals surface area (Å²) in [7, 11) is -3.13. The molecule has 0 aromatic heterocycles. The third kappa shape index (κ3) is 5.60. The number of nitrogens with one attached hydrogen (secondary N) is 1. The van der Waals surface area contributed by atoms with Gasteiger partial charge in [-0.1, -0.05) is 49.4 Å². The highest BCUT2D eigenvalue weighted by Crippen LogP contribution is 2.18. The number of benzene rings is 1. The number of hydrogen-bond donors (Lipinski definition) is 1. The van der Waals surface area contributed by atoms with Gasteiger partial charge in [0, 0.05) is 6.42 Å². The normalized spacial score (nSPS) is 19.6. The van der Waals surface area contributed by atoms with Gasteiger partial charge in [-0.25, -0.2) is 8.42 Å². The third-order valence-electron chi connectivity index (χ3n) is 4.12. The Hall–Kier alpha value is -1.95. The van der Waals surface area contributed by atoms with Gasteiger partial charge in [0.15, 0.2) is 9.84 Å². The second kappa shape index (κ2) is 8.24. The van der Waals surface area contributed by atoms with Crippen molar-refractivity contribution in [2.75, 3.05) is 11.5 Å². The van der Waals surface area contributed by atoms with Crippen LogP contribution in [0.5, 0.6) is 0 Å². The van der Waals surface area contributed by atoms with Gasteiger partial charge in [0.2, 0.25) is 11.8 Å². The van der Waals surface area contributed by atoms with Gasteiger partial charge in [-0.3, -0.25) is 14.9 Å². The molecule has 2 rings (SSSR count). The number of carbonyl (C=O) groups excluding carboxylic acids is 2. The van der Waals surface area contributed by atoms with Crippen molar-refractivity contribution in [3.05, 3.63) is 48.0 Å². The summed E-state index contributed by atoms with van der Waals surface area (Å²) in [4.78, 5) is 22.5. The van der Waals surface area contributed by atoms with Crippen LogP contribution in [0, 0.1) is 5.92 Å². The van der Waals surface area contributed by atoms with Crippen molar-refractivity contribution in [1.82, 2.24) is 5.32 Å². The van der Waals surface area contributed by atoms with Crippen molar-refractivity contribution in [2.45, 2.75) is 32.1 Å². The first kappa shape index (κ1) is 18.4. The first-order valence-electron chi connectivity index (χ1n) is 8.11. The Morgan fingerprint density at radius 3 is 2.54 bits per heavy atom. The Labute approximate surface area is 143 Å². The molecule has 0 spiro atoms. The highest BCUT2D eigenvalue weighted by Gasteiger charge is 2.29. The maximum absolute atomic E-state index is 12.2. The lowest BCUT2D eigenvalue weighted by molar-refractivity contribution is -0.125. The average molecular weight is 349 g/mol. The summed E-state index contributed by atoms with van der Waals surface area (Å²) in [6, 6.07) is 9.60. The molecule has 24 heavy (non-hydrogen) atoms. The molecule has 5 nitrogen and oxygen atoms in total. The fourth-order valence-electron chi connectivity index (χ4n) is 2.77. The molecule has 2 amide bonds. The fraction of sp³-hybridized carbons (Fsp3) is 0.444. The topological polar surface area (TPSA) is 80.3 Å². The van der Waals surface area contributed by atoms with E-state index >= 15 is 0 Å². The van der Waals surface area contributed by atoms with E-state index in [1.54, 1.807) is 12.2 Å². The standard InChI is InChI=1S/C18H23NO4S/c1-14(15-8-4-2-5-9-15)13-24(22,23)11-7-3-6-10-16-12-17(20)19-18(16)21/h2-6,8-9,14,16H,7,10-13H2,1H3,(H,19,20,21)/b6-3+/t14-,16?/m0/s1. The molecule has 1 aliphatic rings. The van der Waals surface area contributed by atoms with Gasteiger partial charge in [0.05, 0.1) is 17.4 Å². The molecule has 1 N–H and O–H groups in total. The zero-order chi connectivity index (χ0) is 17.6. The van der Waals surface area contributed by atoms with Crippen molar-refractivity contribution in [2.24, 2.45) is 5.92 Å². The number of sulfone groups is 1. The first-order chi connectivity index (χ1) is 11.4. The van der Waals surface area contributed by atoms with E-state index in [1.807, 2.05) is 37.3 Å². The highest BCUT2D eigenvalue weighted by atomic mass is 32.2. The van der Waals surface area contributed by atoms with Crippen LogP contribution in [0.1, 0.15) is 37.7 Å². The van der Waals surface area contributed by atoms with E-state index < -0.39 is 9.84 Å². The number of rotatable bonds is 8. The van der Waals surface area contributed by atoms with Crippen LogP contribution in [0.25, 0.3) is 0 Å². The molecule has 1 fully saturated rings. The van der Waals surface area contributed by atoms with Gasteiger partial charge in [-0.05, 0) is 24.3 Å². The largest absolute Gasteiger partial charge is 0.296 e. The lowest BCUT2D eigenvalue weighted by Crippen LogP contribution is -2.21. The highest BCUT2D eigenvalue weighted by molar-refractivity contribution is 7.91. The summed E-state index contributed by atoms with van der Waals surface area (Å²) in [6.07, 6.45) is 4.68. The van der Waals surface area contributed by atoms with Gasteiger partial charge in [0.25, 0.3) is 0 Å². The van der Waals surface area contributed by atoms with Gasteiger partial charge in [-0.2, -0.15) is 0 Å². The molecular formula is C18H23NO4S. The minimum Gasteiger partial charge on any atom is -0.296 e. The van der Waals surface area contributed by atoms with Crippen LogP contribution in [0.2, 0.25) is 0 Å². The smallest absolute Gasteiger partial charge is 0.230 e. The van der Waals surface area contributed by atoms with E-state index in [0.717, 1.165) is 5.56 Å². The molecule has 1 heterocycles. The van der Waals surface area contributed by atoms with Crippen LogP contribution < -0.4 is 5.32 Å². The lowest BCUT2D eigenvalue weighted by atomic mass is 10.0. The minimum atomic E-state index is -3.13. The van der Waals surface area contributed by atoms with Crippen LogP contribution >= 0.6 is 0 Å². The Morgan fingerprint density at radius 1 is 1.21 bits per heavy atom. The Bertz CT molecular complexity index is 710. The minimum absolute atomic E-state index is 0.0339. The molecule has 1 aliphatic heterocycles. The molecule has 6 heteroatoms. The van der Waals surface area contributed by atoms with Crippen LogP contribution in [-0.2, 0) is 19.4 Å². The molecule has 1 aromatic rings. The molecule has 0 aliphatic carbocycles. The molecule has 1 saturated heterocycles. The summed E-state index contributed by atoms with van der Waals surface area (Å²) in [5.41, 5.74) is 1.02. The van der Waals surface area contributed by atoms with E-state index in [9.17, 15) is 18.0 Å². The van der Waals surface area contributed by atoms with Gasteiger partial charge in [-0.15, -0.1) is 0 Å². The molecule has 0 saturated carbocycles. The molecule has 1 unspecified atom stereocenters. The zero-order valence-electron chi connectivity index (χ0n) is 13.8. The Morgan fingerprint density at radius 2 is 1.92 bits per heavy atom. The van der Waals surface area contributed by atoms with Crippen LogP contribution in [0.15, 0.2) is 42.5 Å². The van der Waals surface area contributed by atoms with E-state index in [4.69, 9.17) is 0 Å². The second-order valence-electron chi connectivity index (χ2n) is 6.24. The van der Waals surface area contributed by atoms with Crippen LogP contribution in [0.3, 0.4) is 0 Å². The predicted molar refractivity (Wildman–Crippen MR) is 93.1 cm³/mol. The van der Waals surface area contributed by atoms with Crippen molar-refractivity contribution in [3.8, 4) is 0 Å². The first-order valence-corrected chi connectivity index (χ1v) is 9.93. The van der Waals surface area contributed by atoms with E-state index in [2.05, 4.69) is 5.32 Å². The van der Waals surface area contributed by atoms with Crippen LogP contribution in [-0.4, -0.2) is 31.7 Å². The second-order valence-corrected chi connectivity index (χ2v) is 8.46. The van der Waals surface area contributed by atoms with E-state index in [-0.39, 0.29) is 41.6 Å². The summed E-state index contributed by atoms with van der Waals surface area (Å²) in [6.45, 7) is 1.92.